The van der Waals surface area contributed by atoms with Crippen LogP contribution in [0.25, 0.3) is 0 Å². The molecule has 2 fully saturated rings. The van der Waals surface area contributed by atoms with E-state index in [0.717, 1.165) is 44.0 Å². The fourth-order valence-corrected chi connectivity index (χ4v) is 3.54. The summed E-state index contributed by atoms with van der Waals surface area (Å²) in [4.78, 5) is 15.7. The van der Waals surface area contributed by atoms with E-state index < -0.39 is 0 Å². The van der Waals surface area contributed by atoms with Gasteiger partial charge in [-0.05, 0) is 50.3 Å². The zero-order chi connectivity index (χ0) is 17.6. The second-order valence-electron chi connectivity index (χ2n) is 6.75. The summed E-state index contributed by atoms with van der Waals surface area (Å²) in [5, 5.41) is 9.63. The molecule has 3 atom stereocenters. The van der Waals surface area contributed by atoms with Gasteiger partial charge >= 0.3 is 0 Å². The Kier molecular flexibility index (Phi) is 8.15. The Morgan fingerprint density at radius 1 is 1.27 bits per heavy atom. The molecule has 2 heterocycles. The molecule has 6 nitrogen and oxygen atoms in total. The van der Waals surface area contributed by atoms with E-state index in [1.165, 1.54) is 18.9 Å². The van der Waals surface area contributed by atoms with E-state index in [1.54, 1.807) is 0 Å². The number of halogens is 1. The van der Waals surface area contributed by atoms with Crippen molar-refractivity contribution in [3.05, 3.63) is 29.8 Å². The highest BCUT2D eigenvalue weighted by Gasteiger charge is 2.41. The van der Waals surface area contributed by atoms with E-state index in [1.807, 2.05) is 24.3 Å². The summed E-state index contributed by atoms with van der Waals surface area (Å²) in [6.45, 7) is 5.16. The highest BCUT2D eigenvalue weighted by Crippen LogP contribution is 2.34. The van der Waals surface area contributed by atoms with Gasteiger partial charge in [-0.25, -0.2) is 0 Å². The van der Waals surface area contributed by atoms with Gasteiger partial charge in [-0.15, -0.1) is 24.0 Å². The lowest BCUT2D eigenvalue weighted by Gasteiger charge is -2.22. The number of carbonyl (C=O) groups is 1. The molecule has 1 amide bonds. The van der Waals surface area contributed by atoms with E-state index in [4.69, 9.17) is 9.73 Å². The zero-order valence-corrected chi connectivity index (χ0v) is 17.8. The van der Waals surface area contributed by atoms with E-state index in [2.05, 4.69) is 22.9 Å². The maximum Gasteiger partial charge on any atom is 0.221 e. The lowest BCUT2D eigenvalue weighted by Crippen LogP contribution is -2.47. The molecule has 144 valence electrons. The largest absolute Gasteiger partial charge is 0.373 e. The van der Waals surface area contributed by atoms with Gasteiger partial charge < -0.3 is 20.7 Å². The molecule has 7 heteroatoms. The van der Waals surface area contributed by atoms with Crippen molar-refractivity contribution in [2.24, 2.45) is 4.99 Å². The molecule has 0 spiro atoms. The number of nitrogens with one attached hydrogen (secondary N) is 3. The van der Waals surface area contributed by atoms with E-state index >= 15 is 0 Å². The van der Waals surface area contributed by atoms with Crippen LogP contribution in [0.5, 0.6) is 0 Å². The number of hydrogen-bond acceptors (Lipinski definition) is 3. The summed E-state index contributed by atoms with van der Waals surface area (Å²) in [7, 11) is 0. The molecule has 3 unspecified atom stereocenters. The molecular weight excluding hydrogens is 443 g/mol. The van der Waals surface area contributed by atoms with Gasteiger partial charge in [0.25, 0.3) is 0 Å². The summed E-state index contributed by atoms with van der Waals surface area (Å²) in [5.41, 5.74) is 2.03. The predicted molar refractivity (Wildman–Crippen MR) is 115 cm³/mol. The number of guanidine groups is 1. The van der Waals surface area contributed by atoms with E-state index in [0.29, 0.717) is 18.2 Å². The van der Waals surface area contributed by atoms with Gasteiger partial charge in [0.15, 0.2) is 5.96 Å². The van der Waals surface area contributed by atoms with Crippen molar-refractivity contribution < 1.29 is 9.53 Å². The number of nitrogens with zero attached hydrogens (tertiary/aromatic N) is 1. The smallest absolute Gasteiger partial charge is 0.221 e. The van der Waals surface area contributed by atoms with Crippen LogP contribution in [0.3, 0.4) is 0 Å². The number of amides is 1. The van der Waals surface area contributed by atoms with Gasteiger partial charge in [-0.3, -0.25) is 9.79 Å². The summed E-state index contributed by atoms with van der Waals surface area (Å²) in [6.07, 6.45) is 5.08. The summed E-state index contributed by atoms with van der Waals surface area (Å²) in [5.74, 6) is 0.821. The second-order valence-corrected chi connectivity index (χ2v) is 6.75. The average Bonchev–Trinajstić information content (AvgIpc) is 3.19. The third kappa shape index (κ3) is 5.84. The van der Waals surface area contributed by atoms with Crippen LogP contribution in [0.2, 0.25) is 0 Å². The number of ether oxygens (including phenoxy) is 1. The first kappa shape index (κ1) is 21.0. The van der Waals surface area contributed by atoms with Crippen molar-refractivity contribution in [2.45, 2.75) is 57.8 Å². The van der Waals surface area contributed by atoms with Crippen LogP contribution >= 0.6 is 24.0 Å². The molecule has 0 aromatic heterocycles. The van der Waals surface area contributed by atoms with Crippen molar-refractivity contribution in [3.8, 4) is 0 Å². The molecule has 2 aliphatic rings. The minimum atomic E-state index is -0.0525. The third-order valence-electron chi connectivity index (χ3n) is 4.72. The minimum absolute atomic E-state index is 0. The summed E-state index contributed by atoms with van der Waals surface area (Å²) < 4.78 is 5.90. The molecule has 1 aromatic rings. The first-order valence-electron chi connectivity index (χ1n) is 9.21. The van der Waals surface area contributed by atoms with Crippen molar-refractivity contribution in [1.29, 1.82) is 0 Å². The van der Waals surface area contributed by atoms with Gasteiger partial charge in [0.1, 0.15) is 0 Å². The Morgan fingerprint density at radius 2 is 2.04 bits per heavy atom. The lowest BCUT2D eigenvalue weighted by atomic mass is 9.96. The fraction of sp³-hybridized carbons (Fsp3) is 0.579. The highest BCUT2D eigenvalue weighted by atomic mass is 127. The molecule has 26 heavy (non-hydrogen) atoms. The van der Waals surface area contributed by atoms with Crippen LogP contribution in [0, 0.1) is 0 Å². The molecular formula is C19H29IN4O2. The second kappa shape index (κ2) is 10.1. The summed E-state index contributed by atoms with van der Waals surface area (Å²) in [6, 6.07) is 8.30. The molecule has 0 radical (unpaired) electrons. The minimum Gasteiger partial charge on any atom is -0.373 e. The van der Waals surface area contributed by atoms with Crippen LogP contribution in [-0.2, 0) is 16.0 Å². The van der Waals surface area contributed by atoms with Crippen LogP contribution in [0.15, 0.2) is 29.3 Å². The van der Waals surface area contributed by atoms with Crippen LogP contribution < -0.4 is 16.0 Å². The standard InChI is InChI=1S/C19H28N4O2.HI/c1-3-20-19(23-17-12-16-8-9-18(17)25-16)21-11-10-14-4-6-15(7-5-14)22-13(2)24;/h4-7,16-18H,3,8-12H2,1-2H3,(H,22,24)(H2,20,21,23);1H. The maximum absolute atomic E-state index is 11.0. The van der Waals surface area contributed by atoms with Crippen molar-refractivity contribution >= 4 is 41.5 Å². The Balaban J connectivity index is 0.00000243. The van der Waals surface area contributed by atoms with Gasteiger partial charge in [-0.1, -0.05) is 12.1 Å². The number of anilines is 1. The van der Waals surface area contributed by atoms with Gasteiger partial charge in [0, 0.05) is 25.7 Å². The number of fused-ring (bicyclic) bond motifs is 2. The Morgan fingerprint density at radius 3 is 2.62 bits per heavy atom. The van der Waals surface area contributed by atoms with Gasteiger partial charge in [0.2, 0.25) is 5.91 Å². The van der Waals surface area contributed by atoms with Crippen molar-refractivity contribution in [3.63, 3.8) is 0 Å². The van der Waals surface area contributed by atoms with Crippen LogP contribution in [-0.4, -0.2) is 43.2 Å². The number of rotatable bonds is 6. The molecule has 0 saturated carbocycles. The Bertz CT molecular complexity index is 620. The monoisotopic (exact) mass is 472 g/mol. The maximum atomic E-state index is 11.0. The molecule has 2 saturated heterocycles. The highest BCUT2D eigenvalue weighted by molar-refractivity contribution is 14.0. The predicted octanol–water partition coefficient (Wildman–Crippen LogP) is 2.68. The summed E-state index contributed by atoms with van der Waals surface area (Å²) >= 11 is 0. The first-order chi connectivity index (χ1) is 12.1. The molecule has 3 rings (SSSR count). The molecule has 2 bridgehead atoms. The third-order valence-corrected chi connectivity index (χ3v) is 4.72. The topological polar surface area (TPSA) is 74.8 Å². The number of aliphatic imine (C=N–C) groups is 1. The number of benzene rings is 1. The van der Waals surface area contributed by atoms with Crippen LogP contribution in [0.1, 0.15) is 38.7 Å². The first-order valence-corrected chi connectivity index (χ1v) is 9.21. The van der Waals surface area contributed by atoms with Crippen molar-refractivity contribution in [2.75, 3.05) is 18.4 Å². The zero-order valence-electron chi connectivity index (χ0n) is 15.5. The van der Waals surface area contributed by atoms with Gasteiger partial charge in [0.05, 0.1) is 18.2 Å². The molecule has 2 aliphatic heterocycles. The SMILES string of the molecule is CCNC(=NCCc1ccc(NC(C)=O)cc1)NC1CC2CCC1O2.I. The quantitative estimate of drug-likeness (QED) is 0.338. The van der Waals surface area contributed by atoms with E-state index in [-0.39, 0.29) is 29.9 Å². The Hall–Kier alpha value is -1.35. The fourth-order valence-electron chi connectivity index (χ4n) is 3.54. The number of hydrogen-bond donors (Lipinski definition) is 3. The molecule has 1 aromatic carbocycles. The Labute approximate surface area is 172 Å². The van der Waals surface area contributed by atoms with Crippen molar-refractivity contribution in [1.82, 2.24) is 10.6 Å². The van der Waals surface area contributed by atoms with Gasteiger partial charge in [-0.2, -0.15) is 0 Å². The molecule has 3 N–H and O–H groups in total. The lowest BCUT2D eigenvalue weighted by molar-refractivity contribution is -0.114. The molecule has 0 aliphatic carbocycles. The number of carbonyl (C=O) groups excluding carboxylic acids is 1. The normalized spacial score (nSPS) is 24.1. The average molecular weight is 472 g/mol. The van der Waals surface area contributed by atoms with Crippen LogP contribution in [0.4, 0.5) is 5.69 Å². The van der Waals surface area contributed by atoms with E-state index in [9.17, 15) is 4.79 Å².